The smallest absolute Gasteiger partial charge is 0.166 e. The fourth-order valence-electron chi connectivity index (χ4n) is 8.07. The van der Waals surface area contributed by atoms with Gasteiger partial charge in [-0.3, -0.25) is 0 Å². The van der Waals surface area contributed by atoms with Crippen LogP contribution in [0.25, 0.3) is 106 Å². The molecule has 53 heavy (non-hydrogen) atoms. The topological polar surface area (TPSA) is 43.6 Å². The number of nitrogens with zero attached hydrogens (tertiary/aromatic N) is 4. The molecule has 0 radical (unpaired) electrons. The Bertz CT molecular complexity index is 3310. The van der Waals surface area contributed by atoms with Gasteiger partial charge in [-0.15, -0.1) is 0 Å². The first kappa shape index (κ1) is 24.9. The van der Waals surface area contributed by atoms with Gasteiger partial charge in [-0.1, -0.05) is 158 Å². The molecule has 8 aromatic carbocycles. The minimum atomic E-state index is -0.478. The van der Waals surface area contributed by atoms with Gasteiger partial charge in [0.25, 0.3) is 0 Å². The number of para-hydroxylation sites is 1. The summed E-state index contributed by atoms with van der Waals surface area (Å²) in [6, 6.07) is 49.8. The van der Waals surface area contributed by atoms with Crippen molar-refractivity contribution < 1.29 is 6.85 Å². The predicted octanol–water partition coefficient (Wildman–Crippen LogP) is 12.4. The van der Waals surface area contributed by atoms with E-state index in [1.165, 1.54) is 27.5 Å². The minimum Gasteiger partial charge on any atom is -0.308 e. The fourth-order valence-corrected chi connectivity index (χ4v) is 8.07. The molecule has 0 atom stereocenters. The molecule has 0 amide bonds. The molecule has 0 bridgehead atoms. The second-order valence-corrected chi connectivity index (χ2v) is 13.2. The van der Waals surface area contributed by atoms with Gasteiger partial charge in [0, 0.05) is 32.8 Å². The van der Waals surface area contributed by atoms with E-state index >= 15 is 0 Å². The summed E-state index contributed by atoms with van der Waals surface area (Å²) in [6.07, 6.45) is 0. The summed E-state index contributed by atoms with van der Waals surface area (Å²) in [4.78, 5) is 14.8. The number of aromatic nitrogens is 4. The Hall–Kier alpha value is -7.17. The van der Waals surface area contributed by atoms with Crippen LogP contribution in [-0.4, -0.2) is 19.5 Å². The summed E-state index contributed by atoms with van der Waals surface area (Å²) in [7, 11) is 0. The van der Waals surface area contributed by atoms with Crippen LogP contribution in [0.15, 0.2) is 182 Å². The Labute approximate surface area is 313 Å². The van der Waals surface area contributed by atoms with E-state index < -0.39 is 18.1 Å². The summed E-state index contributed by atoms with van der Waals surface area (Å²) in [5.74, 6) is 0.618. The molecule has 0 saturated heterocycles. The third-order valence-corrected chi connectivity index (χ3v) is 10.3. The van der Waals surface area contributed by atoms with Crippen LogP contribution in [-0.2, 0) is 0 Å². The van der Waals surface area contributed by atoms with Crippen LogP contribution in [0.5, 0.6) is 0 Å². The maximum atomic E-state index is 8.83. The molecular weight excluding hydrogens is 645 g/mol. The molecule has 0 N–H and O–H groups in total. The maximum absolute atomic E-state index is 8.83. The van der Waals surface area contributed by atoms with Gasteiger partial charge < -0.3 is 4.57 Å². The van der Waals surface area contributed by atoms with E-state index in [-0.39, 0.29) is 23.5 Å². The zero-order valence-corrected chi connectivity index (χ0v) is 28.2. The van der Waals surface area contributed by atoms with Crippen molar-refractivity contribution >= 4 is 32.6 Å². The van der Waals surface area contributed by atoms with E-state index in [1.54, 1.807) is 0 Å². The van der Waals surface area contributed by atoms with E-state index in [1.807, 2.05) is 54.6 Å². The highest BCUT2D eigenvalue weighted by molar-refractivity contribution is 6.32. The third-order valence-electron chi connectivity index (χ3n) is 10.3. The lowest BCUT2D eigenvalue weighted by Crippen LogP contribution is -2.03. The third kappa shape index (κ3) is 4.52. The fraction of sp³-hybridized carbons (Fsp3) is 0. The van der Waals surface area contributed by atoms with Crippen molar-refractivity contribution in [2.45, 2.75) is 0 Å². The van der Waals surface area contributed by atoms with Gasteiger partial charge in [-0.05, 0) is 63.0 Å². The Balaban J connectivity index is 1.27. The largest absolute Gasteiger partial charge is 0.308 e. The van der Waals surface area contributed by atoms with Crippen LogP contribution in [0.2, 0.25) is 0 Å². The quantitative estimate of drug-likeness (QED) is 0.182. The first-order valence-corrected chi connectivity index (χ1v) is 17.6. The van der Waals surface area contributed by atoms with Gasteiger partial charge in [0.05, 0.1) is 23.6 Å². The van der Waals surface area contributed by atoms with Crippen LogP contribution in [0.1, 0.15) is 6.85 Å². The summed E-state index contributed by atoms with van der Waals surface area (Å²) in [5, 5.41) is 4.66. The second-order valence-electron chi connectivity index (χ2n) is 13.2. The molecule has 10 aromatic rings. The predicted molar refractivity (Wildman–Crippen MR) is 218 cm³/mol. The number of hydrogen-bond acceptors (Lipinski definition) is 3. The van der Waals surface area contributed by atoms with Crippen LogP contribution < -0.4 is 0 Å². The molecule has 4 heteroatoms. The zero-order valence-electron chi connectivity index (χ0n) is 33.2. The standard InChI is InChI=1S/C49H30N4/c1-4-16-31(17-5-1)40-30-43-46-44-36(25-14-26-38(40)44)34-22-10-11-23-35(34)37-27-15-29-42(45(37)46)53(43)41-28-13-12-24-39(41)49-51-47(32-18-6-2-7-19-32)50-48(52-49)33-20-8-3-9-21-33/h1-30H/i2D,6D,7D,18D,19D. The lowest BCUT2D eigenvalue weighted by Gasteiger charge is -2.17. The van der Waals surface area contributed by atoms with Crippen molar-refractivity contribution in [1.82, 2.24) is 19.5 Å². The molecule has 0 saturated carbocycles. The van der Waals surface area contributed by atoms with Crippen molar-refractivity contribution in [3.63, 3.8) is 0 Å². The molecule has 1 aliphatic carbocycles. The molecule has 246 valence electrons. The van der Waals surface area contributed by atoms with Gasteiger partial charge in [-0.25, -0.2) is 15.0 Å². The van der Waals surface area contributed by atoms with Gasteiger partial charge in [0.1, 0.15) is 0 Å². The van der Waals surface area contributed by atoms with E-state index in [4.69, 9.17) is 21.8 Å². The molecule has 0 fully saturated rings. The van der Waals surface area contributed by atoms with E-state index in [0.29, 0.717) is 22.8 Å². The van der Waals surface area contributed by atoms with E-state index in [0.717, 1.165) is 44.2 Å². The Morgan fingerprint density at radius 2 is 0.943 bits per heavy atom. The molecule has 1 aliphatic rings. The van der Waals surface area contributed by atoms with Gasteiger partial charge in [-0.2, -0.15) is 0 Å². The SMILES string of the molecule is [2H]c1c([2H])c([2H])c(-c2nc(-c3ccccc3)nc(-c3ccccc3-n3c4cccc5c4c4c6c(cccc6c(-c6ccccc6)cc43)-c3ccccc3-5)n2)c([2H])c1[2H]. The van der Waals surface area contributed by atoms with Crippen molar-refractivity contribution in [2.24, 2.45) is 0 Å². The van der Waals surface area contributed by atoms with Crippen molar-refractivity contribution in [2.75, 3.05) is 0 Å². The average Bonchev–Trinajstić information content (AvgIpc) is 3.55. The number of fused-ring (bicyclic) bond motifs is 3. The van der Waals surface area contributed by atoms with E-state index in [9.17, 15) is 0 Å². The maximum Gasteiger partial charge on any atom is 0.166 e. The molecule has 2 aromatic heterocycles. The average molecular weight is 680 g/mol. The first-order chi connectivity index (χ1) is 28.4. The van der Waals surface area contributed by atoms with Crippen molar-refractivity contribution in [1.29, 1.82) is 0 Å². The Morgan fingerprint density at radius 1 is 0.377 bits per heavy atom. The number of rotatable bonds is 5. The van der Waals surface area contributed by atoms with Crippen LogP contribution in [0.4, 0.5) is 0 Å². The molecule has 0 spiro atoms. The highest BCUT2D eigenvalue weighted by Crippen LogP contribution is 2.51. The number of benzene rings is 8. The molecule has 0 unspecified atom stereocenters. The first-order valence-electron chi connectivity index (χ1n) is 20.1. The number of hydrogen-bond donors (Lipinski definition) is 0. The minimum absolute atomic E-state index is 0.00632. The highest BCUT2D eigenvalue weighted by Gasteiger charge is 2.27. The highest BCUT2D eigenvalue weighted by atomic mass is 15.1. The summed E-state index contributed by atoms with van der Waals surface area (Å²) >= 11 is 0. The molecule has 2 heterocycles. The summed E-state index contributed by atoms with van der Waals surface area (Å²) in [6.45, 7) is 0. The van der Waals surface area contributed by atoms with Crippen LogP contribution in [0, 0.1) is 0 Å². The van der Waals surface area contributed by atoms with Crippen molar-refractivity contribution in [3.8, 4) is 73.2 Å². The molecular formula is C49H30N4. The lowest BCUT2D eigenvalue weighted by atomic mass is 9.90. The summed E-state index contributed by atoms with van der Waals surface area (Å²) < 4.78 is 45.1. The van der Waals surface area contributed by atoms with Gasteiger partial charge in [0.2, 0.25) is 0 Å². The lowest BCUT2D eigenvalue weighted by molar-refractivity contribution is 1.06. The molecule has 0 aliphatic heterocycles. The zero-order chi connectivity index (χ0) is 39.2. The van der Waals surface area contributed by atoms with Gasteiger partial charge >= 0.3 is 0 Å². The Kier molecular flexibility index (Phi) is 5.49. The van der Waals surface area contributed by atoms with Crippen LogP contribution >= 0.6 is 0 Å². The second kappa shape index (κ2) is 11.7. The normalized spacial score (nSPS) is 13.1. The Morgan fingerprint density at radius 3 is 1.68 bits per heavy atom. The summed E-state index contributed by atoms with van der Waals surface area (Å²) in [5.41, 5.74) is 11.1. The van der Waals surface area contributed by atoms with Gasteiger partial charge in [0.15, 0.2) is 17.5 Å². The van der Waals surface area contributed by atoms with E-state index in [2.05, 4.69) is 102 Å². The van der Waals surface area contributed by atoms with Crippen molar-refractivity contribution in [3.05, 3.63) is 182 Å². The molecule has 11 rings (SSSR count). The monoisotopic (exact) mass is 679 g/mol. The van der Waals surface area contributed by atoms with Crippen LogP contribution in [0.3, 0.4) is 0 Å². The molecule has 4 nitrogen and oxygen atoms in total.